The fraction of sp³-hybridized carbons (Fsp3) is 0.222. The van der Waals surface area contributed by atoms with Gasteiger partial charge in [0.25, 0.3) is 0 Å². The van der Waals surface area contributed by atoms with Crippen molar-refractivity contribution in [2.24, 2.45) is 0 Å². The topological polar surface area (TPSA) is 48.2 Å². The van der Waals surface area contributed by atoms with E-state index in [9.17, 15) is 13.2 Å². The third-order valence-electron chi connectivity index (χ3n) is 4.13. The Morgan fingerprint density at radius 3 is 2.44 bits per heavy atom. The van der Waals surface area contributed by atoms with Gasteiger partial charge < -0.3 is 9.26 Å². The molecule has 4 nitrogen and oxygen atoms in total. The minimum absolute atomic E-state index is 0.0945. The minimum atomic E-state index is -4.72. The smallest absolute Gasteiger partial charge is 0.405 e. The van der Waals surface area contributed by atoms with Crippen molar-refractivity contribution in [2.45, 2.75) is 24.6 Å². The van der Waals surface area contributed by atoms with E-state index in [0.29, 0.717) is 23.7 Å². The van der Waals surface area contributed by atoms with E-state index in [4.69, 9.17) is 4.52 Å². The number of aromatic nitrogens is 2. The predicted octanol–water partition coefficient (Wildman–Crippen LogP) is 4.91. The van der Waals surface area contributed by atoms with Crippen LogP contribution in [0.15, 0.2) is 59.1 Å². The third kappa shape index (κ3) is 3.35. The van der Waals surface area contributed by atoms with Gasteiger partial charge in [-0.2, -0.15) is 4.98 Å². The number of hydrogen-bond acceptors (Lipinski definition) is 4. The maximum atomic E-state index is 12.6. The van der Waals surface area contributed by atoms with E-state index in [1.54, 1.807) is 12.1 Å². The molecule has 0 N–H and O–H groups in total. The molecular weight excluding hydrogens is 333 g/mol. The second-order valence-electron chi connectivity index (χ2n) is 5.86. The van der Waals surface area contributed by atoms with Crippen LogP contribution in [-0.4, -0.2) is 16.5 Å². The molecule has 1 heterocycles. The molecule has 2 aromatic carbocycles. The van der Waals surface area contributed by atoms with Crippen LogP contribution in [0.2, 0.25) is 0 Å². The van der Waals surface area contributed by atoms with E-state index in [-0.39, 0.29) is 17.6 Å². The van der Waals surface area contributed by atoms with Crippen molar-refractivity contribution in [3.8, 4) is 17.1 Å². The molecule has 1 aliphatic rings. The molecule has 0 saturated heterocycles. The second kappa shape index (κ2) is 5.91. The van der Waals surface area contributed by atoms with Gasteiger partial charge in [-0.05, 0) is 24.0 Å². The predicted molar refractivity (Wildman–Crippen MR) is 83.0 cm³/mol. The zero-order valence-corrected chi connectivity index (χ0v) is 12.9. The molecule has 0 radical (unpaired) electrons. The number of para-hydroxylation sites is 1. The molecule has 4 rings (SSSR count). The lowest BCUT2D eigenvalue weighted by Crippen LogP contribution is -2.18. The number of halogens is 3. The number of benzene rings is 2. The Labute approximate surface area is 141 Å². The summed E-state index contributed by atoms with van der Waals surface area (Å²) in [6.45, 7) is 0. The fourth-order valence-corrected chi connectivity index (χ4v) is 2.91. The molecule has 0 amide bonds. The summed E-state index contributed by atoms with van der Waals surface area (Å²) >= 11 is 0. The van der Waals surface area contributed by atoms with Crippen LogP contribution >= 0.6 is 0 Å². The quantitative estimate of drug-likeness (QED) is 0.674. The fourth-order valence-electron chi connectivity index (χ4n) is 2.91. The van der Waals surface area contributed by atoms with Crippen molar-refractivity contribution in [1.29, 1.82) is 0 Å². The SMILES string of the molecule is FC(F)(F)Oc1ccccc1C1CC1c1nc(-c2ccccc2)no1. The Kier molecular flexibility index (Phi) is 3.71. The number of alkyl halides is 3. The number of ether oxygens (including phenoxy) is 1. The van der Waals surface area contributed by atoms with Gasteiger partial charge in [-0.3, -0.25) is 0 Å². The first-order valence-electron chi connectivity index (χ1n) is 7.75. The lowest BCUT2D eigenvalue weighted by molar-refractivity contribution is -0.274. The number of nitrogens with zero attached hydrogens (tertiary/aromatic N) is 2. The van der Waals surface area contributed by atoms with Crippen LogP contribution in [0.1, 0.15) is 29.7 Å². The van der Waals surface area contributed by atoms with E-state index in [0.717, 1.165) is 5.56 Å². The maximum absolute atomic E-state index is 12.6. The standard InChI is InChI=1S/C18H13F3N2O2/c19-18(20,21)24-15-9-5-4-8-12(15)13-10-14(13)17-22-16(23-25-17)11-6-2-1-3-7-11/h1-9,13-14H,10H2. The van der Waals surface area contributed by atoms with Crippen molar-refractivity contribution in [3.63, 3.8) is 0 Å². The van der Waals surface area contributed by atoms with Gasteiger partial charge in [-0.1, -0.05) is 53.7 Å². The second-order valence-corrected chi connectivity index (χ2v) is 5.86. The van der Waals surface area contributed by atoms with Gasteiger partial charge in [-0.25, -0.2) is 0 Å². The third-order valence-corrected chi connectivity index (χ3v) is 4.13. The highest BCUT2D eigenvalue weighted by atomic mass is 19.4. The van der Waals surface area contributed by atoms with Crippen molar-refractivity contribution >= 4 is 0 Å². The molecule has 1 aromatic heterocycles. The molecule has 0 spiro atoms. The van der Waals surface area contributed by atoms with E-state index in [2.05, 4.69) is 14.9 Å². The van der Waals surface area contributed by atoms with Crippen LogP contribution in [0.25, 0.3) is 11.4 Å². The normalized spacial score (nSPS) is 19.6. The number of hydrogen-bond donors (Lipinski definition) is 0. The molecule has 7 heteroatoms. The van der Waals surface area contributed by atoms with Gasteiger partial charge in [0.1, 0.15) is 5.75 Å². The zero-order chi connectivity index (χ0) is 17.4. The molecule has 1 fully saturated rings. The number of rotatable bonds is 4. The molecule has 1 aliphatic carbocycles. The largest absolute Gasteiger partial charge is 0.573 e. The van der Waals surface area contributed by atoms with Crippen LogP contribution in [0.5, 0.6) is 5.75 Å². The Morgan fingerprint density at radius 2 is 1.68 bits per heavy atom. The molecule has 0 bridgehead atoms. The van der Waals surface area contributed by atoms with E-state index in [1.165, 1.54) is 12.1 Å². The van der Waals surface area contributed by atoms with Crippen molar-refractivity contribution in [3.05, 3.63) is 66.1 Å². The summed E-state index contributed by atoms with van der Waals surface area (Å²) in [6, 6.07) is 15.5. The molecule has 0 aliphatic heterocycles. The average molecular weight is 346 g/mol. The summed E-state index contributed by atoms with van der Waals surface area (Å²) in [5.41, 5.74) is 1.33. The van der Waals surface area contributed by atoms with E-state index < -0.39 is 6.36 Å². The average Bonchev–Trinajstić information content (AvgIpc) is 3.22. The zero-order valence-electron chi connectivity index (χ0n) is 12.9. The van der Waals surface area contributed by atoms with Crippen LogP contribution < -0.4 is 4.74 Å². The Bertz CT molecular complexity index is 877. The molecule has 128 valence electrons. The van der Waals surface area contributed by atoms with Gasteiger partial charge in [0.2, 0.25) is 11.7 Å². The highest BCUT2D eigenvalue weighted by molar-refractivity contribution is 5.54. The maximum Gasteiger partial charge on any atom is 0.573 e. The van der Waals surface area contributed by atoms with E-state index in [1.807, 2.05) is 30.3 Å². The molecule has 2 unspecified atom stereocenters. The van der Waals surface area contributed by atoms with Gasteiger partial charge >= 0.3 is 6.36 Å². The van der Waals surface area contributed by atoms with E-state index >= 15 is 0 Å². The van der Waals surface area contributed by atoms with Gasteiger partial charge in [-0.15, -0.1) is 13.2 Å². The molecule has 1 saturated carbocycles. The van der Waals surface area contributed by atoms with Crippen molar-refractivity contribution in [2.75, 3.05) is 0 Å². The highest BCUT2D eigenvalue weighted by Crippen LogP contribution is 2.56. The Balaban J connectivity index is 1.55. The summed E-state index contributed by atoms with van der Waals surface area (Å²) < 4.78 is 47.1. The highest BCUT2D eigenvalue weighted by Gasteiger charge is 2.46. The Hall–Kier alpha value is -2.83. The minimum Gasteiger partial charge on any atom is -0.405 e. The van der Waals surface area contributed by atoms with Crippen molar-refractivity contribution in [1.82, 2.24) is 10.1 Å². The van der Waals surface area contributed by atoms with Gasteiger partial charge in [0.05, 0.1) is 0 Å². The summed E-state index contributed by atoms with van der Waals surface area (Å²) in [4.78, 5) is 4.38. The summed E-state index contributed by atoms with van der Waals surface area (Å²) in [7, 11) is 0. The lowest BCUT2D eigenvalue weighted by Gasteiger charge is -2.12. The summed E-state index contributed by atoms with van der Waals surface area (Å²) in [5, 5.41) is 3.96. The van der Waals surface area contributed by atoms with Gasteiger partial charge in [0.15, 0.2) is 0 Å². The van der Waals surface area contributed by atoms with Crippen LogP contribution in [0, 0.1) is 0 Å². The molecule has 25 heavy (non-hydrogen) atoms. The first kappa shape index (κ1) is 15.7. The molecule has 3 aromatic rings. The first-order valence-corrected chi connectivity index (χ1v) is 7.75. The summed E-state index contributed by atoms with van der Waals surface area (Å²) in [5.74, 6) is 0.516. The Morgan fingerprint density at radius 1 is 0.960 bits per heavy atom. The lowest BCUT2D eigenvalue weighted by atomic mass is 10.1. The monoisotopic (exact) mass is 346 g/mol. The first-order chi connectivity index (χ1) is 12.0. The van der Waals surface area contributed by atoms with Crippen LogP contribution in [0.4, 0.5) is 13.2 Å². The van der Waals surface area contributed by atoms with Crippen LogP contribution in [-0.2, 0) is 0 Å². The van der Waals surface area contributed by atoms with Gasteiger partial charge in [0, 0.05) is 11.5 Å². The van der Waals surface area contributed by atoms with Crippen LogP contribution in [0.3, 0.4) is 0 Å². The summed E-state index contributed by atoms with van der Waals surface area (Å²) in [6.07, 6.45) is -4.07. The van der Waals surface area contributed by atoms with Crippen molar-refractivity contribution < 1.29 is 22.4 Å². The molecule has 2 atom stereocenters. The molecular formula is C18H13F3N2O2.